The molecule has 1 amide bonds. The predicted octanol–water partition coefficient (Wildman–Crippen LogP) is 2.34. The van der Waals surface area contributed by atoms with Crippen LogP contribution in [0, 0.1) is 6.92 Å². The quantitative estimate of drug-likeness (QED) is 0.866. The van der Waals surface area contributed by atoms with Gasteiger partial charge in [0.1, 0.15) is 0 Å². The molecule has 0 N–H and O–H groups in total. The number of carbonyl (C=O) groups is 1. The standard InChI is InChI=1S/C17H21ClN4O/c1-13-3-5-14(6-4-13)17(23)22-9-7-21(8-10-22)12-16-15(18)11-19-20(16)2/h3-6,11H,7-10,12H2,1-2H3. The first-order valence-corrected chi connectivity index (χ1v) is 8.17. The first-order chi connectivity index (χ1) is 11.0. The van der Waals surface area contributed by atoms with E-state index < -0.39 is 0 Å². The molecule has 1 fully saturated rings. The molecule has 0 saturated carbocycles. The van der Waals surface area contributed by atoms with Gasteiger partial charge in [-0.15, -0.1) is 0 Å². The summed E-state index contributed by atoms with van der Waals surface area (Å²) in [6, 6.07) is 7.76. The highest BCUT2D eigenvalue weighted by Gasteiger charge is 2.23. The summed E-state index contributed by atoms with van der Waals surface area (Å²) in [5.41, 5.74) is 2.95. The van der Waals surface area contributed by atoms with Crippen LogP contribution < -0.4 is 0 Å². The van der Waals surface area contributed by atoms with Gasteiger partial charge < -0.3 is 4.90 Å². The third-order valence-electron chi connectivity index (χ3n) is 4.34. The first kappa shape index (κ1) is 16.0. The molecule has 0 spiro atoms. The molecule has 1 aliphatic heterocycles. The highest BCUT2D eigenvalue weighted by molar-refractivity contribution is 6.31. The minimum atomic E-state index is 0.114. The monoisotopic (exact) mass is 332 g/mol. The van der Waals surface area contributed by atoms with E-state index >= 15 is 0 Å². The van der Waals surface area contributed by atoms with Crippen molar-refractivity contribution in [2.75, 3.05) is 26.2 Å². The van der Waals surface area contributed by atoms with Crippen molar-refractivity contribution in [1.29, 1.82) is 0 Å². The molecule has 122 valence electrons. The second-order valence-electron chi connectivity index (χ2n) is 6.00. The molecule has 23 heavy (non-hydrogen) atoms. The molecule has 0 aliphatic carbocycles. The van der Waals surface area contributed by atoms with Crippen LogP contribution in [-0.2, 0) is 13.6 Å². The van der Waals surface area contributed by atoms with Gasteiger partial charge in [-0.25, -0.2) is 0 Å². The molecule has 3 rings (SSSR count). The molecule has 0 bridgehead atoms. The SMILES string of the molecule is Cc1ccc(C(=O)N2CCN(Cc3c(Cl)cnn3C)CC2)cc1. The van der Waals surface area contributed by atoms with Crippen LogP contribution in [0.2, 0.25) is 5.02 Å². The summed E-state index contributed by atoms with van der Waals surface area (Å²) in [4.78, 5) is 16.7. The van der Waals surface area contributed by atoms with Crippen molar-refractivity contribution >= 4 is 17.5 Å². The Bertz CT molecular complexity index is 668. The van der Waals surface area contributed by atoms with Crippen molar-refractivity contribution in [2.24, 2.45) is 7.05 Å². The Morgan fingerprint density at radius 2 is 1.83 bits per heavy atom. The number of halogens is 1. The molecule has 6 heteroatoms. The van der Waals surface area contributed by atoms with E-state index in [1.807, 2.05) is 47.8 Å². The number of hydrogen-bond donors (Lipinski definition) is 0. The number of rotatable bonds is 3. The van der Waals surface area contributed by atoms with Crippen molar-refractivity contribution in [3.05, 3.63) is 52.3 Å². The average molecular weight is 333 g/mol. The smallest absolute Gasteiger partial charge is 0.253 e. The van der Waals surface area contributed by atoms with E-state index in [-0.39, 0.29) is 5.91 Å². The highest BCUT2D eigenvalue weighted by atomic mass is 35.5. The van der Waals surface area contributed by atoms with Crippen molar-refractivity contribution in [3.63, 3.8) is 0 Å². The van der Waals surface area contributed by atoms with Crippen LogP contribution in [0.4, 0.5) is 0 Å². The van der Waals surface area contributed by atoms with Crippen LogP contribution in [0.1, 0.15) is 21.6 Å². The summed E-state index contributed by atoms with van der Waals surface area (Å²) in [5.74, 6) is 0.114. The Morgan fingerprint density at radius 3 is 2.39 bits per heavy atom. The minimum Gasteiger partial charge on any atom is -0.336 e. The zero-order chi connectivity index (χ0) is 16.4. The zero-order valence-corrected chi connectivity index (χ0v) is 14.3. The van der Waals surface area contributed by atoms with Crippen LogP contribution in [-0.4, -0.2) is 51.7 Å². The fraction of sp³-hybridized carbons (Fsp3) is 0.412. The maximum atomic E-state index is 12.5. The number of amides is 1. The van der Waals surface area contributed by atoms with E-state index in [4.69, 9.17) is 11.6 Å². The van der Waals surface area contributed by atoms with Gasteiger partial charge in [0.25, 0.3) is 5.91 Å². The summed E-state index contributed by atoms with van der Waals surface area (Å²) in [6.45, 7) is 5.96. The fourth-order valence-corrected chi connectivity index (χ4v) is 3.04. The lowest BCUT2D eigenvalue weighted by Crippen LogP contribution is -2.48. The van der Waals surface area contributed by atoms with Gasteiger partial charge in [0.2, 0.25) is 0 Å². The summed E-state index contributed by atoms with van der Waals surface area (Å²) < 4.78 is 1.81. The van der Waals surface area contributed by atoms with Crippen LogP contribution in [0.3, 0.4) is 0 Å². The number of hydrogen-bond acceptors (Lipinski definition) is 3. The van der Waals surface area contributed by atoms with Crippen molar-refractivity contribution in [1.82, 2.24) is 19.6 Å². The van der Waals surface area contributed by atoms with Crippen LogP contribution in [0.5, 0.6) is 0 Å². The first-order valence-electron chi connectivity index (χ1n) is 7.79. The van der Waals surface area contributed by atoms with Crippen LogP contribution >= 0.6 is 11.6 Å². The Balaban J connectivity index is 1.58. The number of benzene rings is 1. The van der Waals surface area contributed by atoms with Gasteiger partial charge in [0.05, 0.1) is 16.9 Å². The van der Waals surface area contributed by atoms with E-state index in [0.29, 0.717) is 5.02 Å². The van der Waals surface area contributed by atoms with Crippen molar-refractivity contribution in [2.45, 2.75) is 13.5 Å². The molecular weight excluding hydrogens is 312 g/mol. The second kappa shape index (κ2) is 6.72. The normalized spacial score (nSPS) is 15.9. The summed E-state index contributed by atoms with van der Waals surface area (Å²) in [6.07, 6.45) is 1.67. The van der Waals surface area contributed by atoms with E-state index in [0.717, 1.165) is 44.0 Å². The van der Waals surface area contributed by atoms with Crippen LogP contribution in [0.15, 0.2) is 30.5 Å². The molecule has 1 aromatic carbocycles. The van der Waals surface area contributed by atoms with E-state index in [1.54, 1.807) is 6.20 Å². The lowest BCUT2D eigenvalue weighted by Gasteiger charge is -2.34. The number of aryl methyl sites for hydroxylation is 2. The van der Waals surface area contributed by atoms with Gasteiger partial charge in [-0.05, 0) is 19.1 Å². The van der Waals surface area contributed by atoms with E-state index in [1.165, 1.54) is 5.56 Å². The third-order valence-corrected chi connectivity index (χ3v) is 4.66. The van der Waals surface area contributed by atoms with Gasteiger partial charge in [-0.3, -0.25) is 14.4 Å². The predicted molar refractivity (Wildman–Crippen MR) is 90.6 cm³/mol. The maximum Gasteiger partial charge on any atom is 0.253 e. The summed E-state index contributed by atoms with van der Waals surface area (Å²) in [5, 5.41) is 4.86. The molecule has 0 radical (unpaired) electrons. The van der Waals surface area contributed by atoms with Gasteiger partial charge in [-0.2, -0.15) is 5.10 Å². The van der Waals surface area contributed by atoms with Gasteiger partial charge in [-0.1, -0.05) is 29.3 Å². The number of nitrogens with zero attached hydrogens (tertiary/aromatic N) is 4. The Hall–Kier alpha value is -1.85. The average Bonchev–Trinajstić information content (AvgIpc) is 2.87. The largest absolute Gasteiger partial charge is 0.336 e. The molecule has 5 nitrogen and oxygen atoms in total. The summed E-state index contributed by atoms with van der Waals surface area (Å²) in [7, 11) is 1.90. The second-order valence-corrected chi connectivity index (χ2v) is 6.40. The number of aromatic nitrogens is 2. The third kappa shape index (κ3) is 3.57. The molecule has 2 aromatic rings. The molecule has 2 heterocycles. The van der Waals surface area contributed by atoms with Gasteiger partial charge in [0.15, 0.2) is 0 Å². The Morgan fingerprint density at radius 1 is 1.17 bits per heavy atom. The maximum absolute atomic E-state index is 12.5. The van der Waals surface area contributed by atoms with Crippen molar-refractivity contribution < 1.29 is 4.79 Å². The molecule has 0 unspecified atom stereocenters. The topological polar surface area (TPSA) is 41.4 Å². The fourth-order valence-electron chi connectivity index (χ4n) is 2.81. The highest BCUT2D eigenvalue weighted by Crippen LogP contribution is 2.18. The minimum absolute atomic E-state index is 0.114. The van der Waals surface area contributed by atoms with Gasteiger partial charge in [0, 0.05) is 45.3 Å². The van der Waals surface area contributed by atoms with Crippen LogP contribution in [0.25, 0.3) is 0 Å². The molecule has 0 atom stereocenters. The zero-order valence-electron chi connectivity index (χ0n) is 13.5. The lowest BCUT2D eigenvalue weighted by atomic mass is 10.1. The molecule has 1 aliphatic rings. The lowest BCUT2D eigenvalue weighted by molar-refractivity contribution is 0.0625. The number of piperazine rings is 1. The molecular formula is C17H21ClN4O. The van der Waals surface area contributed by atoms with Gasteiger partial charge >= 0.3 is 0 Å². The van der Waals surface area contributed by atoms with E-state index in [9.17, 15) is 4.79 Å². The Labute approximate surface area is 141 Å². The molecule has 1 saturated heterocycles. The molecule has 1 aromatic heterocycles. The van der Waals surface area contributed by atoms with Crippen molar-refractivity contribution in [3.8, 4) is 0 Å². The number of carbonyl (C=O) groups excluding carboxylic acids is 1. The summed E-state index contributed by atoms with van der Waals surface area (Å²) >= 11 is 6.16. The Kier molecular flexibility index (Phi) is 4.68. The van der Waals surface area contributed by atoms with E-state index in [2.05, 4.69) is 10.00 Å².